The Bertz CT molecular complexity index is 584. The quantitative estimate of drug-likeness (QED) is 0.705. The topological polar surface area (TPSA) is 20.2 Å². The van der Waals surface area contributed by atoms with Gasteiger partial charge in [-0.05, 0) is 29.8 Å². The van der Waals surface area contributed by atoms with Gasteiger partial charge < -0.3 is 5.11 Å². The highest BCUT2D eigenvalue weighted by Crippen LogP contribution is 2.44. The van der Waals surface area contributed by atoms with Gasteiger partial charge in [0.15, 0.2) is 0 Å². The zero-order chi connectivity index (χ0) is 18.3. The maximum absolute atomic E-state index is 12.5. The first kappa shape index (κ1) is 19.6. The molecule has 0 bridgehead atoms. The zero-order valence-electron chi connectivity index (χ0n) is 10.6. The van der Waals surface area contributed by atoms with Crippen LogP contribution in [0.3, 0.4) is 0 Å². The first-order chi connectivity index (χ1) is 10.1. The maximum Gasteiger partial charge on any atom is 0.430 e. The molecule has 0 amide bonds. The summed E-state index contributed by atoms with van der Waals surface area (Å²) in [4.78, 5) is 0. The van der Waals surface area contributed by atoms with Gasteiger partial charge in [0, 0.05) is 5.02 Å². The molecule has 1 aromatic rings. The van der Waals surface area contributed by atoms with Gasteiger partial charge in [-0.25, -0.2) is 0 Å². The molecule has 0 aromatic heterocycles. The predicted octanol–water partition coefficient (Wildman–Crippen LogP) is 5.23. The Morgan fingerprint density at radius 2 is 1.35 bits per heavy atom. The summed E-state index contributed by atoms with van der Waals surface area (Å²) in [5.41, 5.74) is -7.32. The Hall–Kier alpha value is -1.42. The molecule has 130 valence electrons. The summed E-state index contributed by atoms with van der Waals surface area (Å²) in [7, 11) is 0. The van der Waals surface area contributed by atoms with Crippen molar-refractivity contribution in [3.05, 3.63) is 40.4 Å². The Balaban J connectivity index is 3.37. The van der Waals surface area contributed by atoms with Crippen molar-refractivity contribution >= 4 is 17.7 Å². The van der Waals surface area contributed by atoms with Crippen LogP contribution in [0.25, 0.3) is 6.08 Å². The molecule has 0 spiro atoms. The minimum atomic E-state index is -6.13. The van der Waals surface area contributed by atoms with E-state index in [-0.39, 0.29) is 12.1 Å². The lowest BCUT2D eigenvalue weighted by Crippen LogP contribution is -2.55. The van der Waals surface area contributed by atoms with Crippen LogP contribution in [-0.2, 0) is 6.18 Å². The Morgan fingerprint density at radius 3 is 1.74 bits per heavy atom. The van der Waals surface area contributed by atoms with Gasteiger partial charge in [-0.1, -0.05) is 17.7 Å². The zero-order valence-corrected chi connectivity index (χ0v) is 11.4. The highest BCUT2D eigenvalue weighted by molar-refractivity contribution is 6.32. The van der Waals surface area contributed by atoms with Crippen LogP contribution in [0, 0.1) is 0 Å². The summed E-state index contributed by atoms with van der Waals surface area (Å²) < 4.78 is 112. The van der Waals surface area contributed by atoms with Crippen molar-refractivity contribution in [2.45, 2.75) is 24.1 Å². The molecule has 1 N–H and O–H groups in total. The van der Waals surface area contributed by atoms with E-state index in [1.54, 1.807) is 0 Å². The lowest BCUT2D eigenvalue weighted by molar-refractivity contribution is -0.347. The van der Waals surface area contributed by atoms with Crippen molar-refractivity contribution in [2.75, 3.05) is 0 Å². The average molecular weight is 373 g/mol. The third-order valence-corrected chi connectivity index (χ3v) is 3.04. The second-order valence-corrected chi connectivity index (χ2v) is 4.74. The number of hydrogen-bond acceptors (Lipinski definition) is 1. The summed E-state index contributed by atoms with van der Waals surface area (Å²) in [6, 6.07) is 1.41. The van der Waals surface area contributed by atoms with Crippen LogP contribution >= 0.6 is 11.6 Å². The summed E-state index contributed by atoms with van der Waals surface area (Å²) in [6.45, 7) is 0. The maximum atomic E-state index is 12.5. The first-order valence-corrected chi connectivity index (χ1v) is 5.89. The number of benzene rings is 1. The summed E-state index contributed by atoms with van der Waals surface area (Å²) in [5.74, 6) is 0. The van der Waals surface area contributed by atoms with Gasteiger partial charge in [-0.3, -0.25) is 0 Å². The minimum Gasteiger partial charge on any atom is -0.370 e. The largest absolute Gasteiger partial charge is 0.430 e. The summed E-state index contributed by atoms with van der Waals surface area (Å²) in [5, 5.41) is 8.34. The van der Waals surface area contributed by atoms with Crippen molar-refractivity contribution in [3.63, 3.8) is 0 Å². The van der Waals surface area contributed by atoms with E-state index in [0.29, 0.717) is 12.1 Å². The molecule has 1 aromatic carbocycles. The molecule has 0 fully saturated rings. The van der Waals surface area contributed by atoms with Gasteiger partial charge in [-0.15, -0.1) is 0 Å². The number of alkyl halides is 9. The molecule has 0 aliphatic carbocycles. The highest BCUT2D eigenvalue weighted by atomic mass is 35.5. The molecule has 1 rings (SSSR count). The molecule has 23 heavy (non-hydrogen) atoms. The summed E-state index contributed by atoms with van der Waals surface area (Å²) >= 11 is 5.44. The van der Waals surface area contributed by atoms with Gasteiger partial charge in [0.1, 0.15) is 0 Å². The predicted molar refractivity (Wildman–Crippen MR) is 62.5 cm³/mol. The van der Waals surface area contributed by atoms with E-state index in [1.165, 1.54) is 0 Å². The fourth-order valence-electron chi connectivity index (χ4n) is 1.41. The van der Waals surface area contributed by atoms with Gasteiger partial charge in [-0.2, -0.15) is 39.5 Å². The molecule has 0 saturated carbocycles. The Labute approximate surface area is 128 Å². The lowest BCUT2D eigenvalue weighted by Gasteiger charge is -2.29. The fourth-order valence-corrected chi connectivity index (χ4v) is 1.59. The van der Waals surface area contributed by atoms with Crippen LogP contribution in [0.2, 0.25) is 5.02 Å². The Kier molecular flexibility index (Phi) is 5.03. The van der Waals surface area contributed by atoms with E-state index in [4.69, 9.17) is 16.7 Å². The lowest BCUT2D eigenvalue weighted by atomic mass is 10.00. The number of hydrogen-bond donors (Lipinski definition) is 1. The molecule has 0 aliphatic heterocycles. The van der Waals surface area contributed by atoms with E-state index >= 15 is 0 Å². The smallest absolute Gasteiger partial charge is 0.370 e. The fraction of sp³-hybridized carbons (Fsp3) is 0.333. The van der Waals surface area contributed by atoms with Crippen molar-refractivity contribution < 1.29 is 44.6 Å². The van der Waals surface area contributed by atoms with Crippen LogP contribution in [-0.4, -0.2) is 23.1 Å². The van der Waals surface area contributed by atoms with E-state index in [1.807, 2.05) is 0 Å². The van der Waals surface area contributed by atoms with E-state index in [2.05, 4.69) is 0 Å². The number of halogens is 10. The third kappa shape index (κ3) is 4.11. The first-order valence-electron chi connectivity index (χ1n) is 5.51. The standard InChI is InChI=1S/C12H6ClF9O/c13-8-2-1-7(10(14,15)16)5-6(8)3-4-9(23,11(17,18)19)12(20,21)22/h1-5,23H. The van der Waals surface area contributed by atoms with Crippen LogP contribution in [0.5, 0.6) is 0 Å². The molecule has 0 saturated heterocycles. The molecule has 0 atom stereocenters. The number of rotatable bonds is 2. The molecular formula is C12H6ClF9O. The van der Waals surface area contributed by atoms with E-state index < -0.39 is 46.4 Å². The van der Waals surface area contributed by atoms with Gasteiger partial charge in [0.05, 0.1) is 5.56 Å². The highest BCUT2D eigenvalue weighted by Gasteiger charge is 2.68. The van der Waals surface area contributed by atoms with Gasteiger partial charge in [0.25, 0.3) is 5.60 Å². The summed E-state index contributed by atoms with van der Waals surface area (Å²) in [6.07, 6.45) is -17.8. The van der Waals surface area contributed by atoms with E-state index in [0.717, 1.165) is 0 Å². The van der Waals surface area contributed by atoms with Crippen LogP contribution in [0.4, 0.5) is 39.5 Å². The molecule has 1 nitrogen and oxygen atoms in total. The molecule has 11 heteroatoms. The van der Waals surface area contributed by atoms with Crippen molar-refractivity contribution in [1.29, 1.82) is 0 Å². The number of aliphatic hydroxyl groups is 1. The van der Waals surface area contributed by atoms with E-state index in [9.17, 15) is 39.5 Å². The second kappa shape index (κ2) is 5.90. The average Bonchev–Trinajstić information content (AvgIpc) is 2.33. The second-order valence-electron chi connectivity index (χ2n) is 4.33. The third-order valence-electron chi connectivity index (χ3n) is 2.69. The van der Waals surface area contributed by atoms with Crippen molar-refractivity contribution in [3.8, 4) is 0 Å². The minimum absolute atomic E-state index is 0.0263. The molecule has 0 unspecified atom stereocenters. The molecule has 0 aliphatic rings. The van der Waals surface area contributed by atoms with Crippen LogP contribution in [0.15, 0.2) is 24.3 Å². The van der Waals surface area contributed by atoms with Crippen LogP contribution in [0.1, 0.15) is 11.1 Å². The van der Waals surface area contributed by atoms with Crippen molar-refractivity contribution in [2.24, 2.45) is 0 Å². The Morgan fingerprint density at radius 1 is 0.870 bits per heavy atom. The van der Waals surface area contributed by atoms with Crippen LogP contribution < -0.4 is 0 Å². The van der Waals surface area contributed by atoms with Gasteiger partial charge in [0.2, 0.25) is 0 Å². The monoisotopic (exact) mass is 372 g/mol. The van der Waals surface area contributed by atoms with Gasteiger partial charge >= 0.3 is 18.5 Å². The molecule has 0 heterocycles. The molecule has 0 radical (unpaired) electrons. The normalized spacial score (nSPS) is 14.6. The van der Waals surface area contributed by atoms with Crippen molar-refractivity contribution in [1.82, 2.24) is 0 Å². The SMILES string of the molecule is OC(C=Cc1cc(C(F)(F)F)ccc1Cl)(C(F)(F)F)C(F)(F)F. The molecular weight excluding hydrogens is 367 g/mol.